The molecule has 1 amide bonds. The van der Waals surface area contributed by atoms with Gasteiger partial charge in [-0.25, -0.2) is 4.39 Å². The first-order chi connectivity index (χ1) is 12.5. The number of carbonyl (C=O) groups excluding carboxylic acids is 1. The van der Waals surface area contributed by atoms with Gasteiger partial charge in [-0.2, -0.15) is 0 Å². The van der Waals surface area contributed by atoms with Gasteiger partial charge in [-0.05, 0) is 30.3 Å². The summed E-state index contributed by atoms with van der Waals surface area (Å²) in [6.45, 7) is 0. The standard InChI is InChI=1S/C19H13FN2O3S/c20-18-9-5-4-8-17(18)19(23)21-13-10-14(22(24)25)12-16(11-13)26-15-6-2-1-3-7-15/h1-12H,(H,21,23). The molecule has 0 aromatic heterocycles. The van der Waals surface area contributed by atoms with Gasteiger partial charge in [-0.15, -0.1) is 0 Å². The molecule has 3 aromatic carbocycles. The van der Waals surface area contributed by atoms with Crippen LogP contribution < -0.4 is 5.32 Å². The molecule has 0 atom stereocenters. The molecule has 0 aliphatic carbocycles. The molecular weight excluding hydrogens is 355 g/mol. The van der Waals surface area contributed by atoms with Crippen LogP contribution in [0.1, 0.15) is 10.4 Å². The van der Waals surface area contributed by atoms with Crippen LogP contribution in [0.2, 0.25) is 0 Å². The molecule has 0 aliphatic rings. The predicted molar refractivity (Wildman–Crippen MR) is 98.0 cm³/mol. The number of anilines is 1. The van der Waals surface area contributed by atoms with Gasteiger partial charge >= 0.3 is 0 Å². The quantitative estimate of drug-likeness (QED) is 0.500. The fourth-order valence-corrected chi connectivity index (χ4v) is 3.22. The largest absolute Gasteiger partial charge is 0.322 e. The van der Waals surface area contributed by atoms with Crippen molar-refractivity contribution in [3.05, 3.63) is 94.3 Å². The Morgan fingerprint density at radius 2 is 1.65 bits per heavy atom. The fourth-order valence-electron chi connectivity index (χ4n) is 2.29. The van der Waals surface area contributed by atoms with E-state index in [4.69, 9.17) is 0 Å². The number of non-ortho nitro benzene ring substituents is 1. The van der Waals surface area contributed by atoms with Gasteiger partial charge in [-0.1, -0.05) is 42.1 Å². The van der Waals surface area contributed by atoms with E-state index in [0.29, 0.717) is 4.90 Å². The minimum atomic E-state index is -0.667. The number of carbonyl (C=O) groups is 1. The molecule has 0 spiro atoms. The van der Waals surface area contributed by atoms with E-state index < -0.39 is 16.6 Å². The maximum atomic E-state index is 13.7. The molecule has 0 heterocycles. The SMILES string of the molecule is O=C(Nc1cc(Sc2ccccc2)cc([N+](=O)[O-])c1)c1ccccc1F. The summed E-state index contributed by atoms with van der Waals surface area (Å²) in [6, 6.07) is 19.2. The maximum absolute atomic E-state index is 13.7. The highest BCUT2D eigenvalue weighted by Gasteiger charge is 2.15. The topological polar surface area (TPSA) is 72.2 Å². The van der Waals surface area contributed by atoms with Crippen molar-refractivity contribution in [1.82, 2.24) is 0 Å². The van der Waals surface area contributed by atoms with Crippen molar-refractivity contribution >= 4 is 29.0 Å². The van der Waals surface area contributed by atoms with Gasteiger partial charge < -0.3 is 5.32 Å². The normalized spacial score (nSPS) is 10.3. The lowest BCUT2D eigenvalue weighted by molar-refractivity contribution is -0.385. The van der Waals surface area contributed by atoms with Gasteiger partial charge in [0.2, 0.25) is 0 Å². The smallest absolute Gasteiger partial charge is 0.272 e. The number of benzene rings is 3. The lowest BCUT2D eigenvalue weighted by Gasteiger charge is -2.08. The molecule has 3 rings (SSSR count). The molecule has 0 saturated heterocycles. The van der Waals surface area contributed by atoms with E-state index in [-0.39, 0.29) is 16.9 Å². The van der Waals surface area contributed by atoms with E-state index in [1.807, 2.05) is 30.3 Å². The van der Waals surface area contributed by atoms with Gasteiger partial charge in [0.15, 0.2) is 0 Å². The molecule has 0 radical (unpaired) electrons. The fraction of sp³-hybridized carbons (Fsp3) is 0. The van der Waals surface area contributed by atoms with E-state index in [1.54, 1.807) is 12.1 Å². The molecule has 1 N–H and O–H groups in total. The van der Waals surface area contributed by atoms with E-state index >= 15 is 0 Å². The van der Waals surface area contributed by atoms with E-state index in [0.717, 1.165) is 4.90 Å². The third-order valence-corrected chi connectivity index (χ3v) is 4.44. The first-order valence-electron chi connectivity index (χ1n) is 7.61. The van der Waals surface area contributed by atoms with Gasteiger partial charge in [0.25, 0.3) is 11.6 Å². The van der Waals surface area contributed by atoms with Crippen molar-refractivity contribution in [3.63, 3.8) is 0 Å². The summed E-state index contributed by atoms with van der Waals surface area (Å²) in [4.78, 5) is 24.4. The summed E-state index contributed by atoms with van der Waals surface area (Å²) >= 11 is 1.33. The Labute approximate surface area is 153 Å². The Morgan fingerprint density at radius 3 is 2.35 bits per heavy atom. The Bertz CT molecular complexity index is 964. The maximum Gasteiger partial charge on any atom is 0.272 e. The zero-order valence-electron chi connectivity index (χ0n) is 13.4. The van der Waals surface area contributed by atoms with Crippen molar-refractivity contribution < 1.29 is 14.1 Å². The molecule has 0 unspecified atom stereocenters. The predicted octanol–water partition coefficient (Wildman–Crippen LogP) is 5.14. The lowest BCUT2D eigenvalue weighted by atomic mass is 10.2. The minimum absolute atomic E-state index is 0.128. The minimum Gasteiger partial charge on any atom is -0.322 e. The van der Waals surface area contributed by atoms with E-state index in [2.05, 4.69) is 5.32 Å². The second kappa shape index (κ2) is 7.79. The first kappa shape index (κ1) is 17.6. The zero-order chi connectivity index (χ0) is 18.5. The number of nitro groups is 1. The van der Waals surface area contributed by atoms with Gasteiger partial charge in [0.1, 0.15) is 5.82 Å². The molecule has 130 valence electrons. The van der Waals surface area contributed by atoms with E-state index in [1.165, 1.54) is 42.1 Å². The second-order valence-corrected chi connectivity index (χ2v) is 6.47. The van der Waals surface area contributed by atoms with Crippen LogP contribution in [0.25, 0.3) is 0 Å². The third-order valence-electron chi connectivity index (χ3n) is 3.46. The molecule has 0 fully saturated rings. The number of nitrogens with one attached hydrogen (secondary N) is 1. The second-order valence-electron chi connectivity index (χ2n) is 5.32. The van der Waals surface area contributed by atoms with E-state index in [9.17, 15) is 19.3 Å². The van der Waals surface area contributed by atoms with Crippen molar-refractivity contribution in [2.75, 3.05) is 5.32 Å². The average molecular weight is 368 g/mol. The number of halogens is 1. The molecule has 0 aliphatic heterocycles. The number of amides is 1. The Hall–Kier alpha value is -3.19. The summed E-state index contributed by atoms with van der Waals surface area (Å²) in [6.07, 6.45) is 0. The number of rotatable bonds is 5. The summed E-state index contributed by atoms with van der Waals surface area (Å²) in [5, 5.41) is 13.7. The monoisotopic (exact) mass is 368 g/mol. The Kier molecular flexibility index (Phi) is 5.28. The van der Waals surface area contributed by atoms with Crippen LogP contribution in [-0.4, -0.2) is 10.8 Å². The van der Waals surface area contributed by atoms with Crippen LogP contribution in [0, 0.1) is 15.9 Å². The third kappa shape index (κ3) is 4.25. The average Bonchev–Trinajstić information content (AvgIpc) is 2.62. The molecular formula is C19H13FN2O3S. The molecule has 7 heteroatoms. The van der Waals surface area contributed by atoms with Gasteiger partial charge in [0, 0.05) is 27.6 Å². The number of hydrogen-bond acceptors (Lipinski definition) is 4. The molecule has 5 nitrogen and oxygen atoms in total. The van der Waals surface area contributed by atoms with Crippen LogP contribution in [-0.2, 0) is 0 Å². The van der Waals surface area contributed by atoms with Crippen LogP contribution >= 0.6 is 11.8 Å². The summed E-state index contributed by atoms with van der Waals surface area (Å²) in [5.41, 5.74) is -0.0584. The van der Waals surface area contributed by atoms with Crippen LogP contribution in [0.15, 0.2) is 82.6 Å². The van der Waals surface area contributed by atoms with Crippen LogP contribution in [0.3, 0.4) is 0 Å². The van der Waals surface area contributed by atoms with Crippen LogP contribution in [0.5, 0.6) is 0 Å². The lowest BCUT2D eigenvalue weighted by Crippen LogP contribution is -2.13. The highest BCUT2D eigenvalue weighted by atomic mass is 32.2. The number of hydrogen-bond donors (Lipinski definition) is 1. The van der Waals surface area contributed by atoms with Gasteiger partial charge in [0.05, 0.1) is 10.5 Å². The van der Waals surface area contributed by atoms with Crippen molar-refractivity contribution in [2.24, 2.45) is 0 Å². The molecule has 3 aromatic rings. The molecule has 26 heavy (non-hydrogen) atoms. The highest BCUT2D eigenvalue weighted by Crippen LogP contribution is 2.33. The van der Waals surface area contributed by atoms with Gasteiger partial charge in [-0.3, -0.25) is 14.9 Å². The molecule has 0 bridgehead atoms. The highest BCUT2D eigenvalue weighted by molar-refractivity contribution is 7.99. The summed E-state index contributed by atoms with van der Waals surface area (Å²) < 4.78 is 13.7. The Balaban J connectivity index is 1.90. The zero-order valence-corrected chi connectivity index (χ0v) is 14.2. The Morgan fingerprint density at radius 1 is 0.962 bits per heavy atom. The number of nitro benzene ring substituents is 1. The van der Waals surface area contributed by atoms with Crippen molar-refractivity contribution in [2.45, 2.75) is 9.79 Å². The summed E-state index contributed by atoms with van der Waals surface area (Å²) in [5.74, 6) is -1.33. The number of nitrogens with zero attached hydrogens (tertiary/aromatic N) is 1. The van der Waals surface area contributed by atoms with Crippen molar-refractivity contribution in [3.8, 4) is 0 Å². The summed E-state index contributed by atoms with van der Waals surface area (Å²) in [7, 11) is 0. The first-order valence-corrected chi connectivity index (χ1v) is 8.43. The van der Waals surface area contributed by atoms with Crippen LogP contribution in [0.4, 0.5) is 15.8 Å². The molecule has 0 saturated carbocycles. The van der Waals surface area contributed by atoms with Crippen molar-refractivity contribution in [1.29, 1.82) is 0 Å².